The number of amides is 1. The van der Waals surface area contributed by atoms with Gasteiger partial charge in [0.05, 0.1) is 18.8 Å². The van der Waals surface area contributed by atoms with Crippen LogP contribution in [-0.2, 0) is 36.1 Å². The molecule has 0 aliphatic carbocycles. The minimum absolute atomic E-state index is 0.220. The van der Waals surface area contributed by atoms with Crippen molar-refractivity contribution in [1.29, 1.82) is 0 Å². The Morgan fingerprint density at radius 3 is 2.67 bits per heavy atom. The van der Waals surface area contributed by atoms with Gasteiger partial charge in [-0.3, -0.25) is 4.79 Å². The zero-order valence-electron chi connectivity index (χ0n) is 25.2. The molecule has 43 heavy (non-hydrogen) atoms. The Labute approximate surface area is 248 Å². The first-order chi connectivity index (χ1) is 20.4. The lowest BCUT2D eigenvalue weighted by Crippen LogP contribution is -2.39. The van der Waals surface area contributed by atoms with E-state index in [2.05, 4.69) is 10.2 Å². The predicted molar refractivity (Wildman–Crippen MR) is 155 cm³/mol. The van der Waals surface area contributed by atoms with Crippen molar-refractivity contribution in [3.8, 4) is 16.9 Å². The zero-order valence-corrected chi connectivity index (χ0v) is 25.2. The van der Waals surface area contributed by atoms with E-state index in [4.69, 9.17) is 14.5 Å². The maximum absolute atomic E-state index is 15.6. The number of carboxylic acid groups (broad SMARTS) is 1. The van der Waals surface area contributed by atoms with Crippen molar-refractivity contribution in [3.05, 3.63) is 58.2 Å². The maximum atomic E-state index is 15.6. The van der Waals surface area contributed by atoms with Gasteiger partial charge < -0.3 is 28.6 Å². The Morgan fingerprint density at radius 1 is 1.19 bits per heavy atom. The Kier molecular flexibility index (Phi) is 6.99. The lowest BCUT2D eigenvalue weighted by Gasteiger charge is -2.29. The van der Waals surface area contributed by atoms with Crippen molar-refractivity contribution >= 4 is 22.9 Å². The molecule has 0 spiro atoms. The molecule has 2 aliphatic heterocycles. The van der Waals surface area contributed by atoms with Crippen LogP contribution in [0.4, 0.5) is 4.39 Å². The second-order valence-corrected chi connectivity index (χ2v) is 12.2. The molecule has 4 aromatic rings. The van der Waals surface area contributed by atoms with Crippen LogP contribution in [0.25, 0.3) is 22.2 Å². The highest BCUT2D eigenvalue weighted by atomic mass is 19.1. The third-order valence-electron chi connectivity index (χ3n) is 8.21. The van der Waals surface area contributed by atoms with E-state index in [-0.39, 0.29) is 11.7 Å². The highest BCUT2D eigenvalue weighted by Crippen LogP contribution is 2.45. The van der Waals surface area contributed by atoms with Crippen molar-refractivity contribution in [2.45, 2.75) is 72.3 Å². The maximum Gasteiger partial charge on any atom is 0.337 e. The van der Waals surface area contributed by atoms with Gasteiger partial charge in [-0.25, -0.2) is 14.2 Å². The largest absolute Gasteiger partial charge is 0.490 e. The number of carbonyl (C=O) groups is 2. The Balaban J connectivity index is 1.61. The normalized spacial score (nSPS) is 15.7. The molecule has 11 nitrogen and oxygen atoms in total. The number of hydrogen-bond acceptors (Lipinski definition) is 7. The number of aromatic nitrogens is 5. The summed E-state index contributed by atoms with van der Waals surface area (Å²) in [5.41, 5.74) is 3.33. The van der Waals surface area contributed by atoms with E-state index in [0.717, 1.165) is 17.5 Å². The molecule has 1 atom stereocenters. The summed E-state index contributed by atoms with van der Waals surface area (Å²) < 4.78 is 31.1. The molecule has 1 aromatic carbocycles. The van der Waals surface area contributed by atoms with Gasteiger partial charge in [-0.05, 0) is 70.7 Å². The van der Waals surface area contributed by atoms with Gasteiger partial charge in [0.15, 0.2) is 23.5 Å². The smallest absolute Gasteiger partial charge is 0.337 e. The molecule has 0 radical (unpaired) electrons. The number of carbonyl (C=O) groups excluding carboxylic acids is 1. The van der Waals surface area contributed by atoms with Crippen molar-refractivity contribution in [2.75, 3.05) is 13.2 Å². The second kappa shape index (κ2) is 10.4. The molecule has 2 aliphatic rings. The molecule has 226 valence electrons. The fourth-order valence-corrected chi connectivity index (χ4v) is 6.18. The molecule has 6 rings (SSSR count). The van der Waals surface area contributed by atoms with Crippen LogP contribution >= 0.6 is 0 Å². The zero-order chi connectivity index (χ0) is 30.8. The Morgan fingerprint density at radius 2 is 1.95 bits per heavy atom. The average molecular weight is 591 g/mol. The summed E-state index contributed by atoms with van der Waals surface area (Å²) in [5, 5.41) is 19.0. The molecule has 0 saturated carbocycles. The second-order valence-electron chi connectivity index (χ2n) is 12.2. The summed E-state index contributed by atoms with van der Waals surface area (Å²) in [6.45, 7) is 10.8. The predicted octanol–water partition coefficient (Wildman–Crippen LogP) is 4.51. The first kappa shape index (κ1) is 28.8. The minimum atomic E-state index is -1.39. The van der Waals surface area contributed by atoms with Crippen LogP contribution in [0, 0.1) is 19.7 Å². The fourth-order valence-electron chi connectivity index (χ4n) is 6.18. The van der Waals surface area contributed by atoms with Crippen LogP contribution in [0.15, 0.2) is 18.5 Å². The molecular weight excluding hydrogens is 555 g/mol. The monoisotopic (exact) mass is 590 g/mol. The highest BCUT2D eigenvalue weighted by molar-refractivity contribution is 6.04. The Bertz CT molecular complexity index is 1790. The average Bonchev–Trinajstić information content (AvgIpc) is 3.56. The van der Waals surface area contributed by atoms with E-state index >= 15 is 4.39 Å². The summed E-state index contributed by atoms with van der Waals surface area (Å²) in [6.07, 6.45) is 1.63. The van der Waals surface area contributed by atoms with Crippen LogP contribution in [0.2, 0.25) is 0 Å². The number of ether oxygens (including phenoxy) is 2. The van der Waals surface area contributed by atoms with Crippen molar-refractivity contribution in [2.24, 2.45) is 7.05 Å². The molecule has 0 unspecified atom stereocenters. The SMILES string of the molecule is Cc1nc2c(cc(C(=O)N3CCn4cnnc4C3)n2C)c(-c2cc(F)c3c(c2C)CCCO3)c1[C@H](OC(C)(C)C)C(=O)O. The first-order valence-electron chi connectivity index (χ1n) is 14.4. The number of nitrogens with zero attached hydrogens (tertiary/aromatic N) is 6. The van der Waals surface area contributed by atoms with E-state index < -0.39 is 23.5 Å². The van der Waals surface area contributed by atoms with Gasteiger partial charge in [0.25, 0.3) is 5.91 Å². The van der Waals surface area contributed by atoms with Crippen LogP contribution in [0.1, 0.15) is 72.0 Å². The molecule has 12 heteroatoms. The lowest BCUT2D eigenvalue weighted by atomic mass is 9.86. The van der Waals surface area contributed by atoms with Crippen LogP contribution < -0.4 is 4.74 Å². The minimum Gasteiger partial charge on any atom is -0.490 e. The summed E-state index contributed by atoms with van der Waals surface area (Å²) in [4.78, 5) is 33.2. The molecule has 5 heterocycles. The number of aryl methyl sites for hydroxylation is 2. The van der Waals surface area contributed by atoms with Gasteiger partial charge in [0, 0.05) is 47.9 Å². The van der Waals surface area contributed by atoms with Gasteiger partial charge >= 0.3 is 5.97 Å². The van der Waals surface area contributed by atoms with E-state index in [1.165, 1.54) is 6.07 Å². The summed E-state index contributed by atoms with van der Waals surface area (Å²) in [6, 6.07) is 3.13. The fraction of sp³-hybridized carbons (Fsp3) is 0.452. The number of fused-ring (bicyclic) bond motifs is 3. The van der Waals surface area contributed by atoms with E-state index in [0.29, 0.717) is 77.6 Å². The van der Waals surface area contributed by atoms with Crippen molar-refractivity contribution in [3.63, 3.8) is 0 Å². The molecule has 0 fully saturated rings. The number of aliphatic carboxylic acids is 1. The molecule has 1 amide bonds. The van der Waals surface area contributed by atoms with Gasteiger partial charge in [0.1, 0.15) is 17.7 Å². The van der Waals surface area contributed by atoms with Gasteiger partial charge in [-0.2, -0.15) is 0 Å². The lowest BCUT2D eigenvalue weighted by molar-refractivity contribution is -0.160. The van der Waals surface area contributed by atoms with Crippen molar-refractivity contribution < 1.29 is 28.6 Å². The number of halogens is 1. The van der Waals surface area contributed by atoms with Crippen LogP contribution in [-0.4, -0.2) is 65.0 Å². The topological polar surface area (TPSA) is 125 Å². The number of pyridine rings is 1. The summed E-state index contributed by atoms with van der Waals surface area (Å²) >= 11 is 0. The molecule has 0 bridgehead atoms. The molecule has 0 saturated heterocycles. The Hall–Kier alpha value is -4.32. The van der Waals surface area contributed by atoms with Crippen LogP contribution in [0.3, 0.4) is 0 Å². The van der Waals surface area contributed by atoms with E-state index in [9.17, 15) is 14.7 Å². The van der Waals surface area contributed by atoms with Gasteiger partial charge in [-0.15, -0.1) is 10.2 Å². The molecule has 3 aromatic heterocycles. The third-order valence-corrected chi connectivity index (χ3v) is 8.21. The first-order valence-corrected chi connectivity index (χ1v) is 14.4. The van der Waals surface area contributed by atoms with E-state index in [1.807, 2.05) is 11.5 Å². The summed E-state index contributed by atoms with van der Waals surface area (Å²) in [7, 11) is 1.76. The third kappa shape index (κ3) is 4.93. The van der Waals surface area contributed by atoms with Crippen molar-refractivity contribution in [1.82, 2.24) is 29.2 Å². The number of carboxylic acids is 1. The highest BCUT2D eigenvalue weighted by Gasteiger charge is 2.35. The number of rotatable bonds is 5. The summed E-state index contributed by atoms with van der Waals surface area (Å²) in [5.74, 6) is -0.996. The van der Waals surface area contributed by atoms with Crippen LogP contribution in [0.5, 0.6) is 5.75 Å². The van der Waals surface area contributed by atoms with E-state index in [1.54, 1.807) is 56.6 Å². The quantitative estimate of drug-likeness (QED) is 0.360. The standard InChI is InChI=1S/C31H35FN6O5/c1-16-18-8-7-11-42-26(18)21(32)12-19(16)25-20-13-22(29(39)37-9-10-38-15-33-35-23(38)14-37)36(6)28(20)34-17(2)24(25)27(30(40)41)43-31(3,4)5/h12-13,15,27H,7-11,14H2,1-6H3,(H,40,41)/t27-/m0/s1. The van der Waals surface area contributed by atoms with Gasteiger partial charge in [-0.1, -0.05) is 0 Å². The van der Waals surface area contributed by atoms with Gasteiger partial charge in [0.2, 0.25) is 0 Å². The number of benzene rings is 1. The molecule has 1 N–H and O–H groups in total. The number of hydrogen-bond donors (Lipinski definition) is 1. The molecular formula is C31H35FN6O5.